The van der Waals surface area contributed by atoms with E-state index in [0.717, 1.165) is 6.07 Å². The molecule has 118 valence electrons. The Morgan fingerprint density at radius 3 is 2.38 bits per heavy atom. The van der Waals surface area contributed by atoms with E-state index in [9.17, 15) is 28.0 Å². The molecule has 7 nitrogen and oxygen atoms in total. The van der Waals surface area contributed by atoms with Crippen molar-refractivity contribution in [2.75, 3.05) is 0 Å². The molecule has 0 bridgehead atoms. The van der Waals surface area contributed by atoms with Crippen molar-refractivity contribution in [2.24, 2.45) is 0 Å². The molecule has 0 heterocycles. The highest BCUT2D eigenvalue weighted by Crippen LogP contribution is 2.26. The molecule has 1 aromatic rings. The summed E-state index contributed by atoms with van der Waals surface area (Å²) in [6.45, 7) is 5.66. The van der Waals surface area contributed by atoms with Crippen molar-refractivity contribution in [3.05, 3.63) is 33.6 Å². The summed E-state index contributed by atoms with van der Waals surface area (Å²) in [5.74, 6) is -1.11. The van der Waals surface area contributed by atoms with Gasteiger partial charge in [0.2, 0.25) is 15.8 Å². The lowest BCUT2D eigenvalue weighted by molar-refractivity contribution is -0.387. The highest BCUT2D eigenvalue weighted by Gasteiger charge is 2.32. The van der Waals surface area contributed by atoms with Gasteiger partial charge in [0.25, 0.3) is 0 Å². The van der Waals surface area contributed by atoms with Gasteiger partial charge >= 0.3 is 5.69 Å². The van der Waals surface area contributed by atoms with Gasteiger partial charge in [0.05, 0.1) is 21.5 Å². The first-order chi connectivity index (χ1) is 9.38. The molecule has 1 atom stereocenters. The summed E-state index contributed by atoms with van der Waals surface area (Å²) in [5, 5.41) is 20.3. The third kappa shape index (κ3) is 3.74. The van der Waals surface area contributed by atoms with Crippen LogP contribution in [0.3, 0.4) is 0 Å². The molecular formula is C12H17FN2O5S. The van der Waals surface area contributed by atoms with Gasteiger partial charge in [-0.3, -0.25) is 10.1 Å². The molecule has 9 heteroatoms. The summed E-state index contributed by atoms with van der Waals surface area (Å²) in [4.78, 5) is 9.32. The summed E-state index contributed by atoms with van der Waals surface area (Å²) in [5.41, 5.74) is -2.07. The van der Waals surface area contributed by atoms with Gasteiger partial charge in [-0.25, -0.2) is 13.1 Å². The van der Waals surface area contributed by atoms with E-state index in [-0.39, 0.29) is 5.56 Å². The maximum absolute atomic E-state index is 13.4. The second-order valence-corrected chi connectivity index (χ2v) is 6.98. The minimum absolute atomic E-state index is 0.0343. The lowest BCUT2D eigenvalue weighted by Crippen LogP contribution is -2.50. The van der Waals surface area contributed by atoms with Crippen molar-refractivity contribution in [2.45, 2.75) is 44.2 Å². The molecule has 0 saturated heterocycles. The number of hydrogen-bond donors (Lipinski definition) is 2. The number of halogens is 1. The van der Waals surface area contributed by atoms with Crippen LogP contribution >= 0.6 is 0 Å². The van der Waals surface area contributed by atoms with Crippen LogP contribution in [0, 0.1) is 22.9 Å². The number of nitrogens with one attached hydrogen (secondary N) is 1. The molecule has 0 fully saturated rings. The molecule has 0 amide bonds. The van der Waals surface area contributed by atoms with E-state index in [2.05, 4.69) is 4.72 Å². The molecule has 1 unspecified atom stereocenters. The number of aryl methyl sites for hydroxylation is 1. The van der Waals surface area contributed by atoms with Crippen LogP contribution in [0.1, 0.15) is 26.3 Å². The maximum atomic E-state index is 13.4. The fourth-order valence-electron chi connectivity index (χ4n) is 1.56. The topological polar surface area (TPSA) is 110 Å². The van der Waals surface area contributed by atoms with E-state index in [0.29, 0.717) is 6.07 Å². The zero-order valence-corrected chi connectivity index (χ0v) is 12.9. The van der Waals surface area contributed by atoms with Crippen LogP contribution in [0.4, 0.5) is 10.1 Å². The van der Waals surface area contributed by atoms with Crippen LogP contribution in [0.5, 0.6) is 0 Å². The van der Waals surface area contributed by atoms with Gasteiger partial charge in [0.1, 0.15) is 0 Å². The Kier molecular flexibility index (Phi) is 4.71. The molecular weight excluding hydrogens is 303 g/mol. The minimum atomic E-state index is -4.15. The molecule has 21 heavy (non-hydrogen) atoms. The van der Waals surface area contributed by atoms with Crippen molar-refractivity contribution in [1.29, 1.82) is 0 Å². The van der Waals surface area contributed by atoms with Crippen LogP contribution in [0.2, 0.25) is 0 Å². The van der Waals surface area contributed by atoms with Gasteiger partial charge in [0, 0.05) is 6.07 Å². The maximum Gasteiger partial charge on any atom is 0.306 e. The average Bonchev–Trinajstić information content (AvgIpc) is 2.25. The SMILES string of the molecule is Cc1cc(F)c([N+](=O)[O-])cc1S(=O)(=O)NC(C)(C)C(C)O. The number of rotatable bonds is 5. The number of benzene rings is 1. The molecule has 0 aliphatic carbocycles. The summed E-state index contributed by atoms with van der Waals surface area (Å²) in [6, 6.07) is 1.47. The minimum Gasteiger partial charge on any atom is -0.391 e. The first-order valence-electron chi connectivity index (χ1n) is 6.05. The van der Waals surface area contributed by atoms with Gasteiger partial charge < -0.3 is 5.11 Å². The standard InChI is InChI=1S/C12H17FN2O5S/c1-7-5-9(13)10(15(17)18)6-11(7)21(19,20)14-12(3,4)8(2)16/h5-6,8,14,16H,1-4H3. The zero-order chi connectivity index (χ0) is 16.6. The molecule has 1 aromatic carbocycles. The predicted molar refractivity (Wildman–Crippen MR) is 73.9 cm³/mol. The van der Waals surface area contributed by atoms with Gasteiger partial charge in [-0.1, -0.05) is 0 Å². The average molecular weight is 320 g/mol. The molecule has 0 spiro atoms. The Morgan fingerprint density at radius 1 is 1.43 bits per heavy atom. The van der Waals surface area contributed by atoms with Crippen molar-refractivity contribution >= 4 is 15.7 Å². The van der Waals surface area contributed by atoms with Gasteiger partial charge in [-0.2, -0.15) is 4.39 Å². The number of nitro groups is 1. The second-order valence-electron chi connectivity index (χ2n) is 5.33. The van der Waals surface area contributed by atoms with Crippen LogP contribution in [-0.4, -0.2) is 30.1 Å². The predicted octanol–water partition coefficient (Wildman–Crippen LogP) is 1.48. The molecule has 1 rings (SSSR count). The highest BCUT2D eigenvalue weighted by molar-refractivity contribution is 7.89. The molecule has 0 radical (unpaired) electrons. The van der Waals surface area contributed by atoms with Crippen LogP contribution < -0.4 is 4.72 Å². The lowest BCUT2D eigenvalue weighted by atomic mass is 10.0. The number of aliphatic hydroxyl groups excluding tert-OH is 1. The summed E-state index contributed by atoms with van der Waals surface area (Å²) < 4.78 is 40.3. The quantitative estimate of drug-likeness (QED) is 0.631. The van der Waals surface area contributed by atoms with Crippen molar-refractivity contribution in [3.63, 3.8) is 0 Å². The number of hydrogen-bond acceptors (Lipinski definition) is 5. The van der Waals surface area contributed by atoms with Crippen molar-refractivity contribution in [3.8, 4) is 0 Å². The van der Waals surface area contributed by atoms with E-state index >= 15 is 0 Å². The zero-order valence-electron chi connectivity index (χ0n) is 12.0. The third-order valence-corrected chi connectivity index (χ3v) is 4.99. The Bertz CT molecular complexity index is 670. The van der Waals surface area contributed by atoms with Crippen LogP contribution in [-0.2, 0) is 10.0 Å². The fourth-order valence-corrected chi connectivity index (χ4v) is 3.28. The Morgan fingerprint density at radius 2 is 1.95 bits per heavy atom. The second kappa shape index (κ2) is 5.66. The first-order valence-corrected chi connectivity index (χ1v) is 7.53. The lowest BCUT2D eigenvalue weighted by Gasteiger charge is -2.29. The molecule has 0 aromatic heterocycles. The Balaban J connectivity index is 3.39. The Labute approximate surface area is 122 Å². The third-order valence-electron chi connectivity index (χ3n) is 3.17. The first kappa shape index (κ1) is 17.5. The largest absolute Gasteiger partial charge is 0.391 e. The van der Waals surface area contributed by atoms with Gasteiger partial charge in [0.15, 0.2) is 0 Å². The molecule has 0 saturated carbocycles. The Hall–Kier alpha value is -1.58. The summed E-state index contributed by atoms with van der Waals surface area (Å²) in [6.07, 6.45) is -0.997. The van der Waals surface area contributed by atoms with E-state index in [4.69, 9.17) is 0 Å². The summed E-state index contributed by atoms with van der Waals surface area (Å²) >= 11 is 0. The highest BCUT2D eigenvalue weighted by atomic mass is 32.2. The number of aliphatic hydroxyl groups is 1. The van der Waals surface area contributed by atoms with Gasteiger partial charge in [-0.15, -0.1) is 0 Å². The van der Waals surface area contributed by atoms with Crippen molar-refractivity contribution < 1.29 is 22.8 Å². The van der Waals surface area contributed by atoms with Crippen LogP contribution in [0.25, 0.3) is 0 Å². The number of nitrogens with zero attached hydrogens (tertiary/aromatic N) is 1. The van der Waals surface area contributed by atoms with E-state index < -0.39 is 43.0 Å². The molecule has 2 N–H and O–H groups in total. The van der Waals surface area contributed by atoms with E-state index in [1.165, 1.54) is 27.7 Å². The van der Waals surface area contributed by atoms with Crippen LogP contribution in [0.15, 0.2) is 17.0 Å². The number of sulfonamides is 1. The monoisotopic (exact) mass is 320 g/mol. The smallest absolute Gasteiger partial charge is 0.306 e. The summed E-state index contributed by atoms with van der Waals surface area (Å²) in [7, 11) is -4.15. The van der Waals surface area contributed by atoms with E-state index in [1.807, 2.05) is 0 Å². The normalized spacial score (nSPS) is 14.0. The van der Waals surface area contributed by atoms with Gasteiger partial charge in [-0.05, 0) is 39.3 Å². The number of nitro benzene ring substituents is 1. The molecule has 0 aliphatic heterocycles. The van der Waals surface area contributed by atoms with Crippen molar-refractivity contribution in [1.82, 2.24) is 4.72 Å². The molecule has 0 aliphatic rings. The van der Waals surface area contributed by atoms with E-state index in [1.54, 1.807) is 0 Å². The fraction of sp³-hybridized carbons (Fsp3) is 0.500.